The van der Waals surface area contributed by atoms with Gasteiger partial charge in [0.25, 0.3) is 0 Å². The summed E-state index contributed by atoms with van der Waals surface area (Å²) in [4.78, 5) is 11.4. The molecule has 0 spiro atoms. The lowest BCUT2D eigenvalue weighted by Crippen LogP contribution is -2.27. The van der Waals surface area contributed by atoms with Crippen LogP contribution in [-0.2, 0) is 0 Å². The molecule has 2 heterocycles. The summed E-state index contributed by atoms with van der Waals surface area (Å²) >= 11 is 6.18. The maximum Gasteiger partial charge on any atom is 0.163 e. The van der Waals surface area contributed by atoms with E-state index in [1.54, 1.807) is 0 Å². The molecule has 0 aliphatic carbocycles. The number of anilines is 1. The topological polar surface area (TPSA) is 29.0 Å². The Morgan fingerprint density at radius 3 is 2.55 bits per heavy atom. The zero-order chi connectivity index (χ0) is 14.1. The van der Waals surface area contributed by atoms with Crippen LogP contribution in [0.1, 0.15) is 20.3 Å². The molecule has 1 saturated heterocycles. The maximum absolute atomic E-state index is 6.18. The number of aromatic nitrogens is 2. The van der Waals surface area contributed by atoms with Crippen LogP contribution in [0.4, 0.5) is 5.82 Å². The van der Waals surface area contributed by atoms with Gasteiger partial charge >= 0.3 is 0 Å². The van der Waals surface area contributed by atoms with Gasteiger partial charge in [-0.2, -0.15) is 0 Å². The van der Waals surface area contributed by atoms with Crippen LogP contribution in [0.5, 0.6) is 0 Å². The van der Waals surface area contributed by atoms with Gasteiger partial charge in [0.2, 0.25) is 0 Å². The Labute approximate surface area is 124 Å². The van der Waals surface area contributed by atoms with E-state index in [0.717, 1.165) is 17.9 Å². The van der Waals surface area contributed by atoms with Gasteiger partial charge in [-0.05, 0) is 19.3 Å². The first-order chi connectivity index (χ1) is 9.63. The zero-order valence-electron chi connectivity index (χ0n) is 11.8. The molecule has 104 valence electrons. The Kier molecular flexibility index (Phi) is 3.62. The van der Waals surface area contributed by atoms with Crippen LogP contribution in [0.2, 0.25) is 5.15 Å². The van der Waals surface area contributed by atoms with E-state index in [4.69, 9.17) is 16.6 Å². The molecule has 0 bridgehead atoms. The molecule has 3 rings (SSSR count). The minimum Gasteiger partial charge on any atom is -0.353 e. The molecule has 2 aromatic rings. The Balaban J connectivity index is 1.99. The third-order valence-corrected chi connectivity index (χ3v) is 3.99. The predicted molar refractivity (Wildman–Crippen MR) is 83.1 cm³/mol. The first-order valence-corrected chi connectivity index (χ1v) is 7.38. The lowest BCUT2D eigenvalue weighted by molar-refractivity contribution is 0.625. The van der Waals surface area contributed by atoms with Crippen LogP contribution >= 0.6 is 11.6 Å². The van der Waals surface area contributed by atoms with E-state index in [1.807, 2.05) is 36.4 Å². The normalized spacial score (nSPS) is 22.2. The average molecular weight is 288 g/mol. The first-order valence-electron chi connectivity index (χ1n) is 7.00. The molecule has 1 aliphatic heterocycles. The van der Waals surface area contributed by atoms with Crippen LogP contribution in [-0.4, -0.2) is 22.6 Å². The SMILES string of the molecule is CC1CC(C)N(c2cc(Cl)nc(-c3ccccc3)n2)C1. The van der Waals surface area contributed by atoms with E-state index in [9.17, 15) is 0 Å². The highest BCUT2D eigenvalue weighted by Crippen LogP contribution is 2.30. The van der Waals surface area contributed by atoms with Gasteiger partial charge in [-0.15, -0.1) is 0 Å². The number of halogens is 1. The summed E-state index contributed by atoms with van der Waals surface area (Å²) in [6, 6.07) is 12.3. The predicted octanol–water partition coefficient (Wildman–Crippen LogP) is 4.03. The van der Waals surface area contributed by atoms with E-state index in [0.29, 0.717) is 22.9 Å². The summed E-state index contributed by atoms with van der Waals surface area (Å²) in [5.74, 6) is 2.32. The van der Waals surface area contributed by atoms with Crippen molar-refractivity contribution in [3.63, 3.8) is 0 Å². The van der Waals surface area contributed by atoms with Gasteiger partial charge in [0.05, 0.1) is 0 Å². The summed E-state index contributed by atoms with van der Waals surface area (Å²) in [5, 5.41) is 0.501. The Bertz CT molecular complexity index is 600. The van der Waals surface area contributed by atoms with Crippen molar-refractivity contribution in [2.45, 2.75) is 26.3 Å². The highest BCUT2D eigenvalue weighted by Gasteiger charge is 2.27. The molecule has 3 nitrogen and oxygen atoms in total. The molecule has 20 heavy (non-hydrogen) atoms. The maximum atomic E-state index is 6.18. The highest BCUT2D eigenvalue weighted by molar-refractivity contribution is 6.29. The second-order valence-electron chi connectivity index (χ2n) is 5.58. The Hall–Kier alpha value is -1.61. The molecule has 2 atom stereocenters. The molecule has 0 saturated carbocycles. The van der Waals surface area contributed by atoms with E-state index < -0.39 is 0 Å². The monoisotopic (exact) mass is 287 g/mol. The third-order valence-electron chi connectivity index (χ3n) is 3.79. The van der Waals surface area contributed by atoms with E-state index >= 15 is 0 Å². The quantitative estimate of drug-likeness (QED) is 0.781. The van der Waals surface area contributed by atoms with Crippen LogP contribution in [0.15, 0.2) is 36.4 Å². The molecule has 1 fully saturated rings. The van der Waals surface area contributed by atoms with Gasteiger partial charge in [-0.25, -0.2) is 9.97 Å². The number of benzene rings is 1. The van der Waals surface area contributed by atoms with Gasteiger partial charge in [0.1, 0.15) is 11.0 Å². The molecular weight excluding hydrogens is 270 g/mol. The van der Waals surface area contributed by atoms with Crippen molar-refractivity contribution >= 4 is 17.4 Å². The first kappa shape index (κ1) is 13.4. The number of nitrogens with zero attached hydrogens (tertiary/aromatic N) is 3. The van der Waals surface area contributed by atoms with Gasteiger partial charge in [-0.1, -0.05) is 48.9 Å². The van der Waals surface area contributed by atoms with E-state index in [-0.39, 0.29) is 0 Å². The second kappa shape index (κ2) is 5.41. The van der Waals surface area contributed by atoms with Crippen LogP contribution in [0.3, 0.4) is 0 Å². The van der Waals surface area contributed by atoms with Gasteiger partial charge < -0.3 is 4.90 Å². The van der Waals surface area contributed by atoms with Crippen LogP contribution < -0.4 is 4.90 Å². The summed E-state index contributed by atoms with van der Waals surface area (Å²) in [7, 11) is 0. The molecule has 2 unspecified atom stereocenters. The van der Waals surface area contributed by atoms with Crippen molar-refractivity contribution in [3.05, 3.63) is 41.6 Å². The van der Waals surface area contributed by atoms with Crippen LogP contribution in [0.25, 0.3) is 11.4 Å². The van der Waals surface area contributed by atoms with Crippen LogP contribution in [0, 0.1) is 5.92 Å². The van der Waals surface area contributed by atoms with Gasteiger partial charge in [0, 0.05) is 24.2 Å². The molecule has 0 radical (unpaired) electrons. The molecule has 0 N–H and O–H groups in total. The fraction of sp³-hybridized carbons (Fsp3) is 0.375. The van der Waals surface area contributed by atoms with Crippen molar-refractivity contribution in [1.29, 1.82) is 0 Å². The summed E-state index contributed by atoms with van der Waals surface area (Å²) in [5.41, 5.74) is 0.996. The zero-order valence-corrected chi connectivity index (χ0v) is 12.5. The summed E-state index contributed by atoms with van der Waals surface area (Å²) in [6.07, 6.45) is 1.20. The molecule has 1 aromatic heterocycles. The van der Waals surface area contributed by atoms with Crippen molar-refractivity contribution in [3.8, 4) is 11.4 Å². The fourth-order valence-corrected chi connectivity index (χ4v) is 3.07. The van der Waals surface area contributed by atoms with E-state index in [1.165, 1.54) is 6.42 Å². The van der Waals surface area contributed by atoms with E-state index in [2.05, 4.69) is 23.7 Å². The standard InChI is InChI=1S/C16H18ClN3/c1-11-8-12(2)20(10-11)15-9-14(17)18-16(19-15)13-6-4-3-5-7-13/h3-7,9,11-12H,8,10H2,1-2H3. The minimum absolute atomic E-state index is 0.500. The van der Waals surface area contributed by atoms with Crippen molar-refractivity contribution < 1.29 is 0 Å². The lowest BCUT2D eigenvalue weighted by atomic mass is 10.1. The smallest absolute Gasteiger partial charge is 0.163 e. The summed E-state index contributed by atoms with van der Waals surface area (Å²) < 4.78 is 0. The van der Waals surface area contributed by atoms with Crippen molar-refractivity contribution in [1.82, 2.24) is 9.97 Å². The molecular formula is C16H18ClN3. The molecule has 0 amide bonds. The largest absolute Gasteiger partial charge is 0.353 e. The average Bonchev–Trinajstić information content (AvgIpc) is 2.78. The number of rotatable bonds is 2. The molecule has 4 heteroatoms. The Morgan fingerprint density at radius 2 is 1.90 bits per heavy atom. The van der Waals surface area contributed by atoms with Gasteiger partial charge in [0.15, 0.2) is 5.82 Å². The summed E-state index contributed by atoms with van der Waals surface area (Å²) in [6.45, 7) is 5.54. The van der Waals surface area contributed by atoms with Gasteiger partial charge in [-0.3, -0.25) is 0 Å². The van der Waals surface area contributed by atoms with Crippen molar-refractivity contribution in [2.75, 3.05) is 11.4 Å². The van der Waals surface area contributed by atoms with Crippen molar-refractivity contribution in [2.24, 2.45) is 5.92 Å². The molecule has 1 aromatic carbocycles. The highest BCUT2D eigenvalue weighted by atomic mass is 35.5. The fourth-order valence-electron chi connectivity index (χ4n) is 2.89. The second-order valence-corrected chi connectivity index (χ2v) is 5.97. The molecule has 1 aliphatic rings. The number of hydrogen-bond acceptors (Lipinski definition) is 3. The lowest BCUT2D eigenvalue weighted by Gasteiger charge is -2.23. The number of hydrogen-bond donors (Lipinski definition) is 0. The Morgan fingerprint density at radius 1 is 1.15 bits per heavy atom. The third kappa shape index (κ3) is 2.63. The minimum atomic E-state index is 0.500.